The maximum atomic E-state index is 8.95. The molecule has 0 aromatic heterocycles. The number of methoxy groups -OCH3 is 1. The lowest BCUT2D eigenvalue weighted by Gasteiger charge is -2.40. The molecule has 1 fully saturated rings. The molecule has 0 radical (unpaired) electrons. The highest BCUT2D eigenvalue weighted by Crippen LogP contribution is 2.34. The number of amidine groups is 1. The van der Waals surface area contributed by atoms with Crippen LogP contribution in [0.1, 0.15) is 32.3 Å². The summed E-state index contributed by atoms with van der Waals surface area (Å²) in [6.07, 6.45) is 2.35. The van der Waals surface area contributed by atoms with E-state index in [0.717, 1.165) is 36.5 Å². The van der Waals surface area contributed by atoms with E-state index in [4.69, 9.17) is 15.7 Å². The highest BCUT2D eigenvalue weighted by atomic mass is 16.5. The second-order valence-electron chi connectivity index (χ2n) is 6.06. The summed E-state index contributed by atoms with van der Waals surface area (Å²) in [7, 11) is 1.64. The van der Waals surface area contributed by atoms with Gasteiger partial charge in [-0.15, -0.1) is 0 Å². The lowest BCUT2D eigenvalue weighted by atomic mass is 9.84. The molecule has 0 saturated carbocycles. The highest BCUT2D eigenvalue weighted by Gasteiger charge is 2.28. The van der Waals surface area contributed by atoms with Gasteiger partial charge in [-0.2, -0.15) is 0 Å². The van der Waals surface area contributed by atoms with Crippen LogP contribution in [-0.2, 0) is 0 Å². The maximum Gasteiger partial charge on any atom is 0.172 e. The molecular weight excluding hydrogens is 254 g/mol. The second-order valence-corrected chi connectivity index (χ2v) is 6.06. The summed E-state index contributed by atoms with van der Waals surface area (Å²) >= 11 is 0. The highest BCUT2D eigenvalue weighted by molar-refractivity contribution is 6.02. The van der Waals surface area contributed by atoms with E-state index in [1.54, 1.807) is 7.11 Å². The second kappa shape index (κ2) is 5.61. The minimum Gasteiger partial charge on any atom is -0.497 e. The summed E-state index contributed by atoms with van der Waals surface area (Å²) < 4.78 is 5.30. The van der Waals surface area contributed by atoms with Crippen molar-refractivity contribution in [2.75, 3.05) is 25.1 Å². The van der Waals surface area contributed by atoms with E-state index in [1.807, 2.05) is 18.2 Å². The van der Waals surface area contributed by atoms with Crippen LogP contribution >= 0.6 is 0 Å². The summed E-state index contributed by atoms with van der Waals surface area (Å²) in [6, 6.07) is 5.62. The van der Waals surface area contributed by atoms with Gasteiger partial charge in [0.05, 0.1) is 12.8 Å². The fourth-order valence-electron chi connectivity index (χ4n) is 2.80. The number of hydrogen-bond acceptors (Lipinski definition) is 4. The number of ether oxygens (including phenoxy) is 1. The molecule has 0 amide bonds. The molecule has 20 heavy (non-hydrogen) atoms. The van der Waals surface area contributed by atoms with Gasteiger partial charge >= 0.3 is 0 Å². The largest absolute Gasteiger partial charge is 0.497 e. The van der Waals surface area contributed by atoms with Crippen LogP contribution in [0.4, 0.5) is 5.69 Å². The van der Waals surface area contributed by atoms with Crippen LogP contribution in [-0.4, -0.2) is 31.2 Å². The van der Waals surface area contributed by atoms with Gasteiger partial charge in [0.15, 0.2) is 5.84 Å². The zero-order valence-electron chi connectivity index (χ0n) is 12.4. The molecule has 1 aromatic carbocycles. The van der Waals surface area contributed by atoms with Crippen molar-refractivity contribution in [2.24, 2.45) is 16.3 Å². The Morgan fingerprint density at radius 2 is 2.20 bits per heavy atom. The number of nitrogens with two attached hydrogens (primary N) is 1. The molecule has 3 N–H and O–H groups in total. The van der Waals surface area contributed by atoms with Crippen LogP contribution in [0, 0.1) is 5.41 Å². The summed E-state index contributed by atoms with van der Waals surface area (Å²) in [5.41, 5.74) is 7.77. The predicted molar refractivity (Wildman–Crippen MR) is 80.7 cm³/mol. The quantitative estimate of drug-likeness (QED) is 0.385. The molecule has 0 bridgehead atoms. The zero-order valence-corrected chi connectivity index (χ0v) is 12.4. The molecule has 1 saturated heterocycles. The van der Waals surface area contributed by atoms with Crippen molar-refractivity contribution in [1.29, 1.82) is 0 Å². The third-order valence-corrected chi connectivity index (χ3v) is 3.83. The average Bonchev–Trinajstić information content (AvgIpc) is 2.44. The fourth-order valence-corrected chi connectivity index (χ4v) is 2.80. The summed E-state index contributed by atoms with van der Waals surface area (Å²) in [5, 5.41) is 12.1. The Labute approximate surface area is 120 Å². The number of anilines is 1. The van der Waals surface area contributed by atoms with Gasteiger partial charge in [0.2, 0.25) is 0 Å². The van der Waals surface area contributed by atoms with E-state index in [1.165, 1.54) is 6.42 Å². The van der Waals surface area contributed by atoms with Crippen LogP contribution in [0.25, 0.3) is 0 Å². The molecule has 0 aliphatic carbocycles. The number of hydrogen-bond donors (Lipinski definition) is 2. The van der Waals surface area contributed by atoms with Gasteiger partial charge in [0.1, 0.15) is 5.75 Å². The summed E-state index contributed by atoms with van der Waals surface area (Å²) in [6.45, 7) is 6.46. The lowest BCUT2D eigenvalue weighted by molar-refractivity contribution is 0.293. The molecule has 110 valence electrons. The van der Waals surface area contributed by atoms with Gasteiger partial charge in [-0.1, -0.05) is 19.0 Å². The maximum absolute atomic E-state index is 8.95. The molecule has 2 rings (SSSR count). The molecule has 1 heterocycles. The van der Waals surface area contributed by atoms with Crippen molar-refractivity contribution in [1.82, 2.24) is 0 Å². The van der Waals surface area contributed by atoms with E-state index >= 15 is 0 Å². The Bertz CT molecular complexity index is 512. The number of benzene rings is 1. The van der Waals surface area contributed by atoms with Gasteiger partial charge in [-0.25, -0.2) is 0 Å². The van der Waals surface area contributed by atoms with Crippen molar-refractivity contribution in [3.8, 4) is 5.75 Å². The van der Waals surface area contributed by atoms with Gasteiger partial charge in [-0.05, 0) is 30.4 Å². The van der Waals surface area contributed by atoms with E-state index in [0.29, 0.717) is 0 Å². The van der Waals surface area contributed by atoms with Gasteiger partial charge < -0.3 is 20.6 Å². The van der Waals surface area contributed by atoms with Crippen LogP contribution in [0.3, 0.4) is 0 Å². The molecular formula is C15H23N3O2. The smallest absolute Gasteiger partial charge is 0.172 e. The topological polar surface area (TPSA) is 71.1 Å². The molecule has 1 aliphatic rings. The minimum atomic E-state index is 0.131. The van der Waals surface area contributed by atoms with E-state index < -0.39 is 0 Å². The number of oxime groups is 1. The summed E-state index contributed by atoms with van der Waals surface area (Å²) in [4.78, 5) is 2.29. The normalized spacial score (nSPS) is 18.9. The molecule has 5 heteroatoms. The van der Waals surface area contributed by atoms with Gasteiger partial charge in [0.25, 0.3) is 0 Å². The number of nitrogens with zero attached hydrogens (tertiary/aromatic N) is 2. The lowest BCUT2D eigenvalue weighted by Crippen LogP contribution is -2.41. The van der Waals surface area contributed by atoms with Gasteiger partial charge in [-0.3, -0.25) is 0 Å². The summed E-state index contributed by atoms with van der Waals surface area (Å²) in [5.74, 6) is 0.906. The Morgan fingerprint density at radius 3 is 2.80 bits per heavy atom. The SMILES string of the molecule is COc1ccc(/C(N)=N/O)c(N2CCCC(C)(C)C2)c1. The molecule has 0 atom stereocenters. The first-order chi connectivity index (χ1) is 9.46. The van der Waals surface area contributed by atoms with Crippen molar-refractivity contribution < 1.29 is 9.94 Å². The van der Waals surface area contributed by atoms with Crippen LogP contribution in [0.5, 0.6) is 5.75 Å². The number of rotatable bonds is 3. The third-order valence-electron chi connectivity index (χ3n) is 3.83. The molecule has 0 spiro atoms. The van der Waals surface area contributed by atoms with E-state index in [9.17, 15) is 0 Å². The van der Waals surface area contributed by atoms with Crippen LogP contribution in [0.15, 0.2) is 23.4 Å². The first-order valence-corrected chi connectivity index (χ1v) is 6.88. The zero-order chi connectivity index (χ0) is 14.8. The third kappa shape index (κ3) is 2.98. The first kappa shape index (κ1) is 14.5. The van der Waals surface area contributed by atoms with Crippen molar-refractivity contribution in [3.63, 3.8) is 0 Å². The Hall–Kier alpha value is -1.91. The van der Waals surface area contributed by atoms with Gasteiger partial charge in [0, 0.05) is 24.7 Å². The minimum absolute atomic E-state index is 0.131. The number of piperidine rings is 1. The Morgan fingerprint density at radius 1 is 1.45 bits per heavy atom. The van der Waals surface area contributed by atoms with Crippen molar-refractivity contribution >= 4 is 11.5 Å². The van der Waals surface area contributed by atoms with Crippen molar-refractivity contribution in [2.45, 2.75) is 26.7 Å². The van der Waals surface area contributed by atoms with Crippen LogP contribution in [0.2, 0.25) is 0 Å². The van der Waals surface area contributed by atoms with Crippen LogP contribution < -0.4 is 15.4 Å². The monoisotopic (exact) mass is 277 g/mol. The Kier molecular flexibility index (Phi) is 4.06. The van der Waals surface area contributed by atoms with E-state index in [2.05, 4.69) is 23.9 Å². The first-order valence-electron chi connectivity index (χ1n) is 6.88. The standard InChI is InChI=1S/C15H23N3O2/c1-15(2)7-4-8-18(10-15)13-9-11(20-3)5-6-12(13)14(16)17-19/h5-6,9,19H,4,7-8,10H2,1-3H3,(H2,16,17). The molecule has 1 aromatic rings. The average molecular weight is 277 g/mol. The van der Waals surface area contributed by atoms with Crippen molar-refractivity contribution in [3.05, 3.63) is 23.8 Å². The molecule has 0 unspecified atom stereocenters. The van der Waals surface area contributed by atoms with E-state index in [-0.39, 0.29) is 11.3 Å². The molecule has 5 nitrogen and oxygen atoms in total. The fraction of sp³-hybridized carbons (Fsp3) is 0.533. The Balaban J connectivity index is 2.42. The molecule has 1 aliphatic heterocycles. The predicted octanol–water partition coefficient (Wildman–Crippen LogP) is 2.42.